The van der Waals surface area contributed by atoms with Gasteiger partial charge in [-0.2, -0.15) is 4.98 Å². The van der Waals surface area contributed by atoms with E-state index in [1.165, 1.54) is 31.9 Å². The Kier molecular flexibility index (Phi) is 4.98. The van der Waals surface area contributed by atoms with Crippen molar-refractivity contribution in [3.05, 3.63) is 27.7 Å². The smallest absolute Gasteiger partial charge is 0.355 e. The molecule has 0 fully saturated rings. The van der Waals surface area contributed by atoms with Gasteiger partial charge in [-0.1, -0.05) is 0 Å². The SMILES string of the molecule is COC(=O)C1=C(C(=O)OC)n2cc(C)c(=O)nc2OC1NC(C)(C)C. The van der Waals surface area contributed by atoms with E-state index in [9.17, 15) is 14.4 Å². The third-order valence-corrected chi connectivity index (χ3v) is 3.39. The molecular formula is C16H21N3O6. The molecular weight excluding hydrogens is 330 g/mol. The second-order valence-corrected chi connectivity index (χ2v) is 6.52. The van der Waals surface area contributed by atoms with E-state index in [-0.39, 0.29) is 22.8 Å². The number of rotatable bonds is 3. The molecule has 9 nitrogen and oxygen atoms in total. The molecule has 0 saturated carbocycles. The molecule has 1 unspecified atom stereocenters. The van der Waals surface area contributed by atoms with Crippen LogP contribution in [0.1, 0.15) is 26.3 Å². The van der Waals surface area contributed by atoms with Gasteiger partial charge in [-0.05, 0) is 27.7 Å². The minimum Gasteiger partial charge on any atom is -0.465 e. The Morgan fingerprint density at radius 2 is 1.84 bits per heavy atom. The van der Waals surface area contributed by atoms with Crippen LogP contribution < -0.4 is 15.6 Å². The lowest BCUT2D eigenvalue weighted by atomic mass is 10.0. The van der Waals surface area contributed by atoms with Crippen LogP contribution in [-0.4, -0.2) is 47.5 Å². The number of nitrogens with one attached hydrogen (secondary N) is 1. The van der Waals surface area contributed by atoms with Crippen LogP contribution in [0.5, 0.6) is 6.01 Å². The first-order valence-electron chi connectivity index (χ1n) is 7.55. The summed E-state index contributed by atoms with van der Waals surface area (Å²) in [5, 5.41) is 3.06. The Labute approximate surface area is 144 Å². The molecule has 0 aromatic carbocycles. The molecule has 25 heavy (non-hydrogen) atoms. The summed E-state index contributed by atoms with van der Waals surface area (Å²) in [6, 6.07) is -0.120. The molecule has 0 bridgehead atoms. The van der Waals surface area contributed by atoms with Crippen LogP contribution in [-0.2, 0) is 19.1 Å². The van der Waals surface area contributed by atoms with Gasteiger partial charge in [-0.3, -0.25) is 14.7 Å². The fourth-order valence-corrected chi connectivity index (χ4v) is 2.31. The van der Waals surface area contributed by atoms with E-state index in [1.54, 1.807) is 0 Å². The highest BCUT2D eigenvalue weighted by atomic mass is 16.5. The standard InChI is InChI=1S/C16H21N3O6/c1-8-7-19-10(14(22)24-6)9(13(21)23-5)12(18-16(2,3)4)25-15(19)17-11(8)20/h7,12,18H,1-6H3. The number of esters is 2. The fraction of sp³-hybridized carbons (Fsp3) is 0.500. The number of ether oxygens (including phenoxy) is 3. The van der Waals surface area contributed by atoms with E-state index in [0.717, 1.165) is 0 Å². The van der Waals surface area contributed by atoms with Gasteiger partial charge in [0, 0.05) is 17.3 Å². The molecule has 1 atom stereocenters. The van der Waals surface area contributed by atoms with E-state index >= 15 is 0 Å². The van der Waals surface area contributed by atoms with Crippen molar-refractivity contribution in [2.24, 2.45) is 0 Å². The Bertz CT molecular complexity index is 803. The van der Waals surface area contributed by atoms with Crippen molar-refractivity contribution in [1.82, 2.24) is 14.9 Å². The van der Waals surface area contributed by atoms with Gasteiger partial charge >= 0.3 is 17.9 Å². The molecule has 9 heteroatoms. The second kappa shape index (κ2) is 6.67. The highest BCUT2D eigenvalue weighted by molar-refractivity contribution is 6.18. The van der Waals surface area contributed by atoms with Gasteiger partial charge in [-0.25, -0.2) is 9.59 Å². The molecule has 0 spiro atoms. The summed E-state index contributed by atoms with van der Waals surface area (Å²) in [5.41, 5.74) is -0.875. The Balaban J connectivity index is 2.78. The average Bonchev–Trinajstić information content (AvgIpc) is 2.52. The maximum Gasteiger partial charge on any atom is 0.355 e. The maximum atomic E-state index is 12.4. The fourth-order valence-electron chi connectivity index (χ4n) is 2.31. The zero-order valence-corrected chi connectivity index (χ0v) is 15.0. The first-order chi connectivity index (χ1) is 11.6. The van der Waals surface area contributed by atoms with Crippen LogP contribution in [0.3, 0.4) is 0 Å². The molecule has 1 aromatic heterocycles. The van der Waals surface area contributed by atoms with Crippen LogP contribution in [0.25, 0.3) is 5.70 Å². The number of hydrogen-bond donors (Lipinski definition) is 1. The Morgan fingerprint density at radius 3 is 2.36 bits per heavy atom. The second-order valence-electron chi connectivity index (χ2n) is 6.52. The van der Waals surface area contributed by atoms with Gasteiger partial charge in [0.1, 0.15) is 5.57 Å². The third-order valence-electron chi connectivity index (χ3n) is 3.39. The number of aryl methyl sites for hydroxylation is 1. The largest absolute Gasteiger partial charge is 0.465 e. The molecule has 2 rings (SSSR count). The summed E-state index contributed by atoms with van der Waals surface area (Å²) >= 11 is 0. The van der Waals surface area contributed by atoms with Crippen LogP contribution >= 0.6 is 0 Å². The molecule has 0 aliphatic carbocycles. The van der Waals surface area contributed by atoms with Crippen LogP contribution in [0.15, 0.2) is 16.6 Å². The topological polar surface area (TPSA) is 109 Å². The highest BCUT2D eigenvalue weighted by Gasteiger charge is 2.39. The van der Waals surface area contributed by atoms with Crippen molar-refractivity contribution in [3.63, 3.8) is 0 Å². The van der Waals surface area contributed by atoms with Crippen molar-refractivity contribution in [2.75, 3.05) is 14.2 Å². The molecule has 2 heterocycles. The lowest BCUT2D eigenvalue weighted by Crippen LogP contribution is -2.52. The van der Waals surface area contributed by atoms with Crippen molar-refractivity contribution < 1.29 is 23.8 Å². The molecule has 1 aromatic rings. The maximum absolute atomic E-state index is 12.4. The first-order valence-corrected chi connectivity index (χ1v) is 7.55. The lowest BCUT2D eigenvalue weighted by molar-refractivity contribution is -0.139. The summed E-state index contributed by atoms with van der Waals surface area (Å²) < 4.78 is 16.5. The first kappa shape index (κ1) is 18.7. The third kappa shape index (κ3) is 3.71. The summed E-state index contributed by atoms with van der Waals surface area (Å²) in [7, 11) is 2.39. The average molecular weight is 351 g/mol. The number of nitrogens with zero attached hydrogens (tertiary/aromatic N) is 2. The van der Waals surface area contributed by atoms with Crippen LogP contribution in [0, 0.1) is 6.92 Å². The van der Waals surface area contributed by atoms with Crippen molar-refractivity contribution >= 4 is 17.6 Å². The van der Waals surface area contributed by atoms with Crippen LogP contribution in [0.4, 0.5) is 0 Å². The molecule has 1 aliphatic heterocycles. The molecule has 136 valence electrons. The van der Waals surface area contributed by atoms with Gasteiger partial charge in [0.05, 0.1) is 14.2 Å². The van der Waals surface area contributed by atoms with E-state index in [0.29, 0.717) is 0 Å². The minimum absolute atomic E-state index is 0.0679. The van der Waals surface area contributed by atoms with Gasteiger partial charge in [-0.15, -0.1) is 0 Å². The van der Waals surface area contributed by atoms with Crippen molar-refractivity contribution in [2.45, 2.75) is 39.5 Å². The number of carbonyl (C=O) groups is 2. The molecule has 1 aliphatic rings. The number of methoxy groups -OCH3 is 2. The van der Waals surface area contributed by atoms with Crippen molar-refractivity contribution in [1.29, 1.82) is 0 Å². The number of carbonyl (C=O) groups excluding carboxylic acids is 2. The number of hydrogen-bond acceptors (Lipinski definition) is 8. The molecule has 1 N–H and O–H groups in total. The van der Waals surface area contributed by atoms with Gasteiger partial charge in [0.15, 0.2) is 11.9 Å². The number of fused-ring (bicyclic) bond motifs is 1. The van der Waals surface area contributed by atoms with E-state index in [2.05, 4.69) is 10.3 Å². The lowest BCUT2D eigenvalue weighted by Gasteiger charge is -2.33. The zero-order valence-electron chi connectivity index (χ0n) is 15.0. The van der Waals surface area contributed by atoms with Crippen LogP contribution in [0.2, 0.25) is 0 Å². The normalized spacial score (nSPS) is 16.8. The summed E-state index contributed by atoms with van der Waals surface area (Å²) in [4.78, 5) is 40.4. The van der Waals surface area contributed by atoms with E-state index in [4.69, 9.17) is 14.2 Å². The van der Waals surface area contributed by atoms with Gasteiger partial charge < -0.3 is 14.2 Å². The minimum atomic E-state index is -1.05. The predicted octanol–water partition coefficient (Wildman–Crippen LogP) is 0.215. The highest BCUT2D eigenvalue weighted by Crippen LogP contribution is 2.29. The number of aromatic nitrogens is 2. The van der Waals surface area contributed by atoms with E-state index < -0.39 is 29.3 Å². The quantitative estimate of drug-likeness (QED) is 0.770. The molecule has 0 saturated heterocycles. The Morgan fingerprint density at radius 1 is 1.24 bits per heavy atom. The zero-order chi connectivity index (χ0) is 18.9. The summed E-state index contributed by atoms with van der Waals surface area (Å²) in [6.45, 7) is 7.10. The monoisotopic (exact) mass is 351 g/mol. The molecule has 0 radical (unpaired) electrons. The van der Waals surface area contributed by atoms with Gasteiger partial charge in [0.2, 0.25) is 0 Å². The van der Waals surface area contributed by atoms with E-state index in [1.807, 2.05) is 20.8 Å². The summed E-state index contributed by atoms with van der Waals surface area (Å²) in [6.07, 6.45) is 0.323. The van der Waals surface area contributed by atoms with Gasteiger partial charge in [0.25, 0.3) is 5.56 Å². The molecule has 0 amide bonds. The predicted molar refractivity (Wildman–Crippen MR) is 87.8 cm³/mol. The van der Waals surface area contributed by atoms with Crippen molar-refractivity contribution in [3.8, 4) is 6.01 Å². The summed E-state index contributed by atoms with van der Waals surface area (Å²) in [5.74, 6) is -1.54. The Hall–Kier alpha value is -2.68.